The van der Waals surface area contributed by atoms with Gasteiger partial charge in [0.15, 0.2) is 5.82 Å². The van der Waals surface area contributed by atoms with Gasteiger partial charge >= 0.3 is 5.97 Å². The molecule has 0 spiro atoms. The zero-order valence-corrected chi connectivity index (χ0v) is 22.0. The van der Waals surface area contributed by atoms with E-state index in [1.54, 1.807) is 43.5 Å². The van der Waals surface area contributed by atoms with E-state index in [1.165, 1.54) is 23.0 Å². The topological polar surface area (TPSA) is 107 Å². The van der Waals surface area contributed by atoms with Crippen molar-refractivity contribution in [2.24, 2.45) is 5.10 Å². The lowest BCUT2D eigenvalue weighted by Crippen LogP contribution is -2.20. The number of hydrogen-bond acceptors (Lipinski definition) is 6. The molecule has 0 bridgehead atoms. The van der Waals surface area contributed by atoms with Crippen molar-refractivity contribution in [3.63, 3.8) is 0 Å². The van der Waals surface area contributed by atoms with E-state index in [0.29, 0.717) is 28.2 Å². The summed E-state index contributed by atoms with van der Waals surface area (Å²) in [4.78, 5) is 29.6. The molecule has 0 amide bonds. The van der Waals surface area contributed by atoms with Gasteiger partial charge in [0, 0.05) is 11.1 Å². The minimum absolute atomic E-state index is 0.189. The lowest BCUT2D eigenvalue weighted by Gasteiger charge is -2.17. The Hall–Kier alpha value is -4.98. The van der Waals surface area contributed by atoms with E-state index >= 15 is 0 Å². The Labute approximate surface area is 224 Å². The second-order valence-corrected chi connectivity index (χ2v) is 9.46. The monoisotopic (exact) mass is 521 g/mol. The standard InChI is InChI=1S/C31H27N3O5/c1-18(2)24-16-25(19(3)15-28(24)38-4)29-33-26-8-6-5-7-23(26)30(35)34(29)32-17-22-13-14-27(39-22)20-9-11-21(12-10-20)31(36)37/h5-18H,1-4H3,(H,36,37). The van der Waals surface area contributed by atoms with Crippen molar-refractivity contribution in [3.05, 3.63) is 106 Å². The highest BCUT2D eigenvalue weighted by Gasteiger charge is 2.18. The van der Waals surface area contributed by atoms with Gasteiger partial charge in [0.1, 0.15) is 17.3 Å². The zero-order valence-electron chi connectivity index (χ0n) is 22.0. The summed E-state index contributed by atoms with van der Waals surface area (Å²) < 4.78 is 12.8. The number of aryl methyl sites for hydroxylation is 1. The Morgan fingerprint density at radius 2 is 1.82 bits per heavy atom. The maximum atomic E-state index is 13.6. The molecular formula is C31H27N3O5. The number of hydrogen-bond donors (Lipinski definition) is 1. The first kappa shape index (κ1) is 25.7. The number of para-hydroxylation sites is 1. The summed E-state index contributed by atoms with van der Waals surface area (Å²) >= 11 is 0. The molecule has 39 heavy (non-hydrogen) atoms. The van der Waals surface area contributed by atoms with E-state index in [9.17, 15) is 9.59 Å². The molecule has 0 saturated carbocycles. The number of carbonyl (C=O) groups is 1. The van der Waals surface area contributed by atoms with Crippen LogP contribution < -0.4 is 10.3 Å². The van der Waals surface area contributed by atoms with Gasteiger partial charge in [-0.2, -0.15) is 9.78 Å². The Morgan fingerprint density at radius 1 is 1.08 bits per heavy atom. The number of nitrogens with zero attached hydrogens (tertiary/aromatic N) is 3. The molecule has 0 radical (unpaired) electrons. The third-order valence-corrected chi connectivity index (χ3v) is 6.54. The molecule has 8 heteroatoms. The number of benzene rings is 3. The largest absolute Gasteiger partial charge is 0.496 e. The van der Waals surface area contributed by atoms with Crippen LogP contribution >= 0.6 is 0 Å². The summed E-state index contributed by atoms with van der Waals surface area (Å²) in [6.45, 7) is 6.12. The molecule has 8 nitrogen and oxygen atoms in total. The first-order valence-corrected chi connectivity index (χ1v) is 12.5. The van der Waals surface area contributed by atoms with Gasteiger partial charge < -0.3 is 14.3 Å². The van der Waals surface area contributed by atoms with E-state index in [4.69, 9.17) is 19.2 Å². The fourth-order valence-corrected chi connectivity index (χ4v) is 4.44. The van der Waals surface area contributed by atoms with Gasteiger partial charge in [-0.05, 0) is 72.5 Å². The number of carboxylic acids is 1. The SMILES string of the molecule is COc1cc(C)c(-c2nc3ccccc3c(=O)n2N=Cc2ccc(-c3ccc(C(=O)O)cc3)o2)cc1C(C)C. The Bertz CT molecular complexity index is 1780. The number of furan rings is 1. The Kier molecular flexibility index (Phi) is 6.85. The average molecular weight is 522 g/mol. The molecular weight excluding hydrogens is 494 g/mol. The van der Waals surface area contributed by atoms with Crippen LogP contribution in [-0.2, 0) is 0 Å². The van der Waals surface area contributed by atoms with Crippen LogP contribution in [0.5, 0.6) is 5.75 Å². The number of aromatic nitrogens is 2. The molecule has 0 aliphatic rings. The summed E-state index contributed by atoms with van der Waals surface area (Å²) in [5.74, 6) is 1.36. The predicted molar refractivity (Wildman–Crippen MR) is 151 cm³/mol. The van der Waals surface area contributed by atoms with Crippen LogP contribution in [0.15, 0.2) is 87.1 Å². The molecule has 0 saturated heterocycles. The maximum absolute atomic E-state index is 13.6. The van der Waals surface area contributed by atoms with Crippen LogP contribution in [0.4, 0.5) is 0 Å². The molecule has 0 atom stereocenters. The average Bonchev–Trinajstić information content (AvgIpc) is 3.41. The van der Waals surface area contributed by atoms with Crippen molar-refractivity contribution in [3.8, 4) is 28.5 Å². The fourth-order valence-electron chi connectivity index (χ4n) is 4.44. The molecule has 2 heterocycles. The number of methoxy groups -OCH3 is 1. The molecule has 196 valence electrons. The van der Waals surface area contributed by atoms with Crippen molar-refractivity contribution in [2.75, 3.05) is 7.11 Å². The zero-order chi connectivity index (χ0) is 27.7. The van der Waals surface area contributed by atoms with E-state index in [0.717, 1.165) is 28.0 Å². The summed E-state index contributed by atoms with van der Waals surface area (Å²) in [6.07, 6.45) is 1.47. The molecule has 0 aliphatic heterocycles. The number of ether oxygens (including phenoxy) is 1. The van der Waals surface area contributed by atoms with E-state index in [1.807, 2.05) is 31.2 Å². The van der Waals surface area contributed by atoms with Crippen LogP contribution in [0, 0.1) is 6.92 Å². The van der Waals surface area contributed by atoms with Gasteiger partial charge in [0.25, 0.3) is 5.56 Å². The van der Waals surface area contributed by atoms with Crippen molar-refractivity contribution in [1.82, 2.24) is 9.66 Å². The molecule has 3 aromatic carbocycles. The number of fused-ring (bicyclic) bond motifs is 1. The summed E-state index contributed by atoms with van der Waals surface area (Å²) in [5, 5.41) is 14.1. The van der Waals surface area contributed by atoms with Gasteiger partial charge in [-0.15, -0.1) is 0 Å². The highest BCUT2D eigenvalue weighted by Crippen LogP contribution is 2.34. The molecule has 2 aromatic heterocycles. The van der Waals surface area contributed by atoms with Crippen molar-refractivity contribution >= 4 is 23.1 Å². The minimum Gasteiger partial charge on any atom is -0.496 e. The van der Waals surface area contributed by atoms with Crippen LogP contribution in [0.2, 0.25) is 0 Å². The second-order valence-electron chi connectivity index (χ2n) is 9.46. The molecule has 0 fully saturated rings. The number of carboxylic acid groups (broad SMARTS) is 1. The number of rotatable bonds is 7. The Balaban J connectivity index is 1.61. The molecule has 1 N–H and O–H groups in total. The normalized spacial score (nSPS) is 11.5. The van der Waals surface area contributed by atoms with Crippen LogP contribution in [0.1, 0.15) is 47.0 Å². The summed E-state index contributed by atoms with van der Waals surface area (Å²) in [6, 6.07) is 21.0. The fraction of sp³-hybridized carbons (Fsp3) is 0.161. The first-order chi connectivity index (χ1) is 18.8. The lowest BCUT2D eigenvalue weighted by atomic mass is 9.96. The third kappa shape index (κ3) is 4.96. The van der Waals surface area contributed by atoms with E-state index in [2.05, 4.69) is 18.9 Å². The summed E-state index contributed by atoms with van der Waals surface area (Å²) in [7, 11) is 1.65. The van der Waals surface area contributed by atoms with Gasteiger partial charge in [-0.1, -0.05) is 38.1 Å². The van der Waals surface area contributed by atoms with E-state index < -0.39 is 5.97 Å². The second kappa shape index (κ2) is 10.4. The van der Waals surface area contributed by atoms with Crippen molar-refractivity contribution in [1.29, 1.82) is 0 Å². The third-order valence-electron chi connectivity index (χ3n) is 6.54. The maximum Gasteiger partial charge on any atom is 0.335 e. The quantitative estimate of drug-likeness (QED) is 0.250. The van der Waals surface area contributed by atoms with Crippen molar-refractivity contribution < 1.29 is 19.1 Å². The van der Waals surface area contributed by atoms with Crippen LogP contribution in [0.3, 0.4) is 0 Å². The van der Waals surface area contributed by atoms with Gasteiger partial charge in [-0.3, -0.25) is 4.79 Å². The molecule has 0 aliphatic carbocycles. The molecule has 5 rings (SSSR count). The smallest absolute Gasteiger partial charge is 0.335 e. The number of aromatic carboxylic acids is 1. The Morgan fingerprint density at radius 3 is 2.51 bits per heavy atom. The van der Waals surface area contributed by atoms with Crippen LogP contribution in [0.25, 0.3) is 33.6 Å². The first-order valence-electron chi connectivity index (χ1n) is 12.5. The highest BCUT2D eigenvalue weighted by atomic mass is 16.5. The molecule has 5 aromatic rings. The van der Waals surface area contributed by atoms with Gasteiger partial charge in [-0.25, -0.2) is 9.78 Å². The summed E-state index contributed by atoms with van der Waals surface area (Å²) in [5.41, 5.74) is 3.86. The molecule has 0 unspecified atom stereocenters. The van der Waals surface area contributed by atoms with Crippen molar-refractivity contribution in [2.45, 2.75) is 26.7 Å². The lowest BCUT2D eigenvalue weighted by molar-refractivity contribution is 0.0697. The van der Waals surface area contributed by atoms with Gasteiger partial charge in [0.05, 0.1) is 29.8 Å². The van der Waals surface area contributed by atoms with E-state index in [-0.39, 0.29) is 17.0 Å². The minimum atomic E-state index is -0.994. The highest BCUT2D eigenvalue weighted by molar-refractivity contribution is 5.88. The van der Waals surface area contributed by atoms with Crippen LogP contribution in [-0.4, -0.2) is 34.1 Å². The predicted octanol–water partition coefficient (Wildman–Crippen LogP) is 6.34. The van der Waals surface area contributed by atoms with Gasteiger partial charge in [0.2, 0.25) is 0 Å².